The summed E-state index contributed by atoms with van der Waals surface area (Å²) in [6.45, 7) is 4.07. The lowest BCUT2D eigenvalue weighted by Gasteiger charge is -2.31. The third kappa shape index (κ3) is 4.03. The van der Waals surface area contributed by atoms with E-state index in [2.05, 4.69) is 17.3 Å². The average Bonchev–Trinajstić information content (AvgIpc) is 2.38. The number of hydrogen-bond donors (Lipinski definition) is 1. The SMILES string of the molecule is CNC(CCN(C)CC1CCC1)c1ccc(C)c(F)c1. The molecule has 2 rings (SSSR count). The Labute approximate surface area is 122 Å². The summed E-state index contributed by atoms with van der Waals surface area (Å²) in [5.41, 5.74) is 1.76. The number of benzene rings is 1. The molecule has 1 fully saturated rings. The first-order valence-corrected chi connectivity index (χ1v) is 7.72. The van der Waals surface area contributed by atoms with Crippen molar-refractivity contribution in [3.63, 3.8) is 0 Å². The molecule has 1 unspecified atom stereocenters. The molecule has 1 saturated carbocycles. The molecule has 0 aromatic heterocycles. The normalized spacial score (nSPS) is 17.2. The van der Waals surface area contributed by atoms with Crippen molar-refractivity contribution in [3.05, 3.63) is 35.1 Å². The van der Waals surface area contributed by atoms with Gasteiger partial charge in [-0.05, 0) is 69.9 Å². The van der Waals surface area contributed by atoms with Gasteiger partial charge < -0.3 is 10.2 Å². The average molecular weight is 278 g/mol. The van der Waals surface area contributed by atoms with Crippen molar-refractivity contribution in [1.29, 1.82) is 0 Å². The van der Waals surface area contributed by atoms with E-state index in [1.807, 2.05) is 19.2 Å². The topological polar surface area (TPSA) is 15.3 Å². The maximum atomic E-state index is 13.7. The molecule has 1 aromatic carbocycles. The van der Waals surface area contributed by atoms with E-state index in [9.17, 15) is 4.39 Å². The van der Waals surface area contributed by atoms with Gasteiger partial charge in [0.1, 0.15) is 5.82 Å². The van der Waals surface area contributed by atoms with Crippen LogP contribution in [0.1, 0.15) is 42.9 Å². The summed E-state index contributed by atoms with van der Waals surface area (Å²) in [6.07, 6.45) is 5.20. The van der Waals surface area contributed by atoms with Crippen LogP contribution in [0.4, 0.5) is 4.39 Å². The van der Waals surface area contributed by atoms with Crippen LogP contribution in [-0.4, -0.2) is 32.1 Å². The number of rotatable bonds is 7. The molecule has 112 valence electrons. The molecular formula is C17H27FN2. The lowest BCUT2D eigenvalue weighted by atomic mass is 9.85. The summed E-state index contributed by atoms with van der Waals surface area (Å²) in [6, 6.07) is 5.80. The first kappa shape index (κ1) is 15.5. The lowest BCUT2D eigenvalue weighted by Crippen LogP contribution is -2.32. The summed E-state index contributed by atoms with van der Waals surface area (Å²) < 4.78 is 13.7. The minimum Gasteiger partial charge on any atom is -0.313 e. The van der Waals surface area contributed by atoms with Crippen molar-refractivity contribution in [2.24, 2.45) is 5.92 Å². The Morgan fingerprint density at radius 2 is 2.15 bits per heavy atom. The van der Waals surface area contributed by atoms with Gasteiger partial charge in [-0.25, -0.2) is 4.39 Å². The Bertz CT molecular complexity index is 429. The maximum Gasteiger partial charge on any atom is 0.126 e. The van der Waals surface area contributed by atoms with E-state index in [0.717, 1.165) is 24.4 Å². The zero-order valence-corrected chi connectivity index (χ0v) is 13.0. The van der Waals surface area contributed by atoms with E-state index in [0.29, 0.717) is 5.56 Å². The van der Waals surface area contributed by atoms with Crippen molar-refractivity contribution in [1.82, 2.24) is 10.2 Å². The van der Waals surface area contributed by atoms with Gasteiger partial charge >= 0.3 is 0 Å². The van der Waals surface area contributed by atoms with Crippen molar-refractivity contribution in [2.45, 2.75) is 38.6 Å². The Kier molecular flexibility index (Phi) is 5.55. The molecule has 20 heavy (non-hydrogen) atoms. The van der Waals surface area contributed by atoms with Crippen molar-refractivity contribution in [3.8, 4) is 0 Å². The molecule has 1 aromatic rings. The molecule has 3 heteroatoms. The standard InChI is InChI=1S/C17H27FN2/c1-13-7-8-15(11-16(13)18)17(19-2)9-10-20(3)12-14-5-4-6-14/h7-8,11,14,17,19H,4-6,9-10,12H2,1-3H3. The molecule has 1 aliphatic carbocycles. The maximum absolute atomic E-state index is 13.7. The second kappa shape index (κ2) is 7.19. The number of halogens is 1. The summed E-state index contributed by atoms with van der Waals surface area (Å²) >= 11 is 0. The molecular weight excluding hydrogens is 251 g/mol. The zero-order valence-electron chi connectivity index (χ0n) is 13.0. The van der Waals surface area contributed by atoms with Gasteiger partial charge in [0.05, 0.1) is 0 Å². The molecule has 0 saturated heterocycles. The molecule has 1 N–H and O–H groups in total. The largest absolute Gasteiger partial charge is 0.313 e. The molecule has 0 bridgehead atoms. The number of aryl methyl sites for hydroxylation is 1. The minimum atomic E-state index is -0.106. The molecule has 2 nitrogen and oxygen atoms in total. The second-order valence-electron chi connectivity index (χ2n) is 6.20. The van der Waals surface area contributed by atoms with Crippen LogP contribution in [0.25, 0.3) is 0 Å². The van der Waals surface area contributed by atoms with E-state index in [-0.39, 0.29) is 11.9 Å². The van der Waals surface area contributed by atoms with Gasteiger partial charge in [-0.3, -0.25) is 0 Å². The molecule has 0 amide bonds. The number of nitrogens with one attached hydrogen (secondary N) is 1. The Morgan fingerprint density at radius 3 is 2.70 bits per heavy atom. The van der Waals surface area contributed by atoms with Crippen LogP contribution >= 0.6 is 0 Å². The van der Waals surface area contributed by atoms with Gasteiger partial charge in [0.2, 0.25) is 0 Å². The molecule has 0 spiro atoms. The van der Waals surface area contributed by atoms with E-state index < -0.39 is 0 Å². The zero-order chi connectivity index (χ0) is 14.5. The van der Waals surface area contributed by atoms with Crippen LogP contribution in [0.15, 0.2) is 18.2 Å². The predicted molar refractivity (Wildman–Crippen MR) is 82.4 cm³/mol. The van der Waals surface area contributed by atoms with Gasteiger partial charge in [0, 0.05) is 12.6 Å². The van der Waals surface area contributed by atoms with Crippen LogP contribution < -0.4 is 5.32 Å². The molecule has 0 aliphatic heterocycles. The predicted octanol–water partition coefficient (Wildman–Crippen LogP) is 3.52. The monoisotopic (exact) mass is 278 g/mol. The fourth-order valence-electron chi connectivity index (χ4n) is 2.86. The van der Waals surface area contributed by atoms with E-state index in [1.54, 1.807) is 13.0 Å². The van der Waals surface area contributed by atoms with Gasteiger partial charge in [-0.1, -0.05) is 18.6 Å². The lowest BCUT2D eigenvalue weighted by molar-refractivity contribution is 0.199. The van der Waals surface area contributed by atoms with Crippen molar-refractivity contribution < 1.29 is 4.39 Å². The van der Waals surface area contributed by atoms with Gasteiger partial charge in [0.25, 0.3) is 0 Å². The van der Waals surface area contributed by atoms with E-state index in [4.69, 9.17) is 0 Å². The highest BCUT2D eigenvalue weighted by Crippen LogP contribution is 2.27. The van der Waals surface area contributed by atoms with Gasteiger partial charge in [-0.2, -0.15) is 0 Å². The Hall–Kier alpha value is -0.930. The first-order valence-electron chi connectivity index (χ1n) is 7.72. The molecule has 0 heterocycles. The smallest absolute Gasteiger partial charge is 0.126 e. The molecule has 1 atom stereocenters. The summed E-state index contributed by atoms with van der Waals surface area (Å²) in [4.78, 5) is 2.42. The van der Waals surface area contributed by atoms with Crippen molar-refractivity contribution in [2.75, 3.05) is 27.2 Å². The van der Waals surface area contributed by atoms with Crippen LogP contribution in [0, 0.1) is 18.7 Å². The fraction of sp³-hybridized carbons (Fsp3) is 0.647. The third-order valence-electron chi connectivity index (χ3n) is 4.54. The van der Waals surface area contributed by atoms with Crippen LogP contribution in [-0.2, 0) is 0 Å². The highest BCUT2D eigenvalue weighted by Gasteiger charge is 2.19. The minimum absolute atomic E-state index is 0.106. The quantitative estimate of drug-likeness (QED) is 0.821. The van der Waals surface area contributed by atoms with Gasteiger partial charge in [0.15, 0.2) is 0 Å². The molecule has 1 aliphatic rings. The highest BCUT2D eigenvalue weighted by atomic mass is 19.1. The second-order valence-corrected chi connectivity index (χ2v) is 6.20. The number of nitrogens with zero attached hydrogens (tertiary/aromatic N) is 1. The van der Waals surface area contributed by atoms with E-state index in [1.165, 1.54) is 25.8 Å². The molecule has 0 radical (unpaired) electrons. The summed E-state index contributed by atoms with van der Waals surface area (Å²) in [5, 5.41) is 3.31. The fourth-order valence-corrected chi connectivity index (χ4v) is 2.86. The van der Waals surface area contributed by atoms with Gasteiger partial charge in [-0.15, -0.1) is 0 Å². The first-order chi connectivity index (χ1) is 9.60. The van der Waals surface area contributed by atoms with E-state index >= 15 is 0 Å². The third-order valence-corrected chi connectivity index (χ3v) is 4.54. The van der Waals surface area contributed by atoms with Crippen LogP contribution in [0.2, 0.25) is 0 Å². The van der Waals surface area contributed by atoms with Crippen LogP contribution in [0.3, 0.4) is 0 Å². The highest BCUT2D eigenvalue weighted by molar-refractivity contribution is 5.25. The number of hydrogen-bond acceptors (Lipinski definition) is 2. The Morgan fingerprint density at radius 1 is 1.40 bits per heavy atom. The van der Waals surface area contributed by atoms with Crippen LogP contribution in [0.5, 0.6) is 0 Å². The van der Waals surface area contributed by atoms with Crippen molar-refractivity contribution >= 4 is 0 Å². The summed E-state index contributed by atoms with van der Waals surface area (Å²) in [5.74, 6) is 0.801. The summed E-state index contributed by atoms with van der Waals surface area (Å²) in [7, 11) is 4.15. The Balaban J connectivity index is 1.85.